The van der Waals surface area contributed by atoms with Crippen LogP contribution < -0.4 is 5.32 Å². The monoisotopic (exact) mass is 167 g/mol. The van der Waals surface area contributed by atoms with Crippen molar-refractivity contribution in [2.45, 2.75) is 39.2 Å². The number of hydrogen-bond acceptors (Lipinski definition) is 2. The van der Waals surface area contributed by atoms with E-state index in [1.165, 1.54) is 12.8 Å². The molecule has 1 rings (SSSR count). The van der Waals surface area contributed by atoms with Crippen LogP contribution in [-0.4, -0.2) is 18.4 Å². The van der Waals surface area contributed by atoms with Gasteiger partial charge in [-0.05, 0) is 32.8 Å². The second kappa shape index (κ2) is 4.41. The Morgan fingerprint density at radius 3 is 2.67 bits per heavy atom. The second-order valence-corrected chi connectivity index (χ2v) is 3.67. The van der Waals surface area contributed by atoms with E-state index >= 15 is 0 Å². The third-order valence-corrected chi connectivity index (χ3v) is 1.83. The van der Waals surface area contributed by atoms with Crippen molar-refractivity contribution in [3.63, 3.8) is 0 Å². The topological polar surface area (TPSA) is 29.1 Å². The van der Waals surface area contributed by atoms with Gasteiger partial charge in [0, 0.05) is 19.0 Å². The number of allylic oxidation sites excluding steroid dienone is 2. The molecule has 2 nitrogen and oxygen atoms in total. The summed E-state index contributed by atoms with van der Waals surface area (Å²) in [5, 5.41) is 3.31. The average molecular weight is 167 g/mol. The number of carbonyl (C=O) groups excluding carboxylic acids is 1. The molecule has 68 valence electrons. The predicted molar refractivity (Wildman–Crippen MR) is 50.1 cm³/mol. The summed E-state index contributed by atoms with van der Waals surface area (Å²) < 4.78 is 0. The maximum atomic E-state index is 11.1. The summed E-state index contributed by atoms with van der Waals surface area (Å²) in [4.78, 5) is 11.1. The minimum absolute atomic E-state index is 0.239. The fraction of sp³-hybridized carbons (Fsp3) is 0.700. The van der Waals surface area contributed by atoms with Gasteiger partial charge >= 0.3 is 0 Å². The SMILES string of the molecule is CC(C)=CC(=O)CCNC1CC1. The van der Waals surface area contributed by atoms with Crippen LogP contribution in [0, 0.1) is 0 Å². The highest BCUT2D eigenvalue weighted by Gasteiger charge is 2.19. The molecule has 0 amide bonds. The van der Waals surface area contributed by atoms with Gasteiger partial charge in [-0.2, -0.15) is 0 Å². The molecule has 1 saturated carbocycles. The summed E-state index contributed by atoms with van der Waals surface area (Å²) in [5.41, 5.74) is 1.09. The first-order chi connectivity index (χ1) is 5.68. The van der Waals surface area contributed by atoms with Gasteiger partial charge in [0.2, 0.25) is 0 Å². The molecular weight excluding hydrogens is 150 g/mol. The van der Waals surface area contributed by atoms with Gasteiger partial charge in [-0.15, -0.1) is 0 Å². The molecule has 0 atom stereocenters. The molecule has 1 aliphatic carbocycles. The van der Waals surface area contributed by atoms with Crippen molar-refractivity contribution in [2.24, 2.45) is 0 Å². The summed E-state index contributed by atoms with van der Waals surface area (Å²) >= 11 is 0. The minimum Gasteiger partial charge on any atom is -0.314 e. The van der Waals surface area contributed by atoms with E-state index in [0.717, 1.165) is 12.1 Å². The molecule has 1 aliphatic rings. The predicted octanol–water partition coefficient (Wildman–Crippen LogP) is 1.66. The van der Waals surface area contributed by atoms with Gasteiger partial charge < -0.3 is 5.32 Å². The van der Waals surface area contributed by atoms with Gasteiger partial charge in [0.1, 0.15) is 0 Å². The molecule has 0 bridgehead atoms. The Morgan fingerprint density at radius 1 is 1.50 bits per heavy atom. The molecule has 1 N–H and O–H groups in total. The smallest absolute Gasteiger partial charge is 0.156 e. The highest BCUT2D eigenvalue weighted by molar-refractivity contribution is 5.90. The van der Waals surface area contributed by atoms with Crippen LogP contribution in [-0.2, 0) is 4.79 Å². The summed E-state index contributed by atoms with van der Waals surface area (Å²) in [6, 6.07) is 0.713. The second-order valence-electron chi connectivity index (χ2n) is 3.67. The third kappa shape index (κ3) is 4.29. The third-order valence-electron chi connectivity index (χ3n) is 1.83. The molecule has 0 aromatic carbocycles. The molecular formula is C10H17NO. The number of nitrogens with one attached hydrogen (secondary N) is 1. The Hall–Kier alpha value is -0.630. The average Bonchev–Trinajstić information content (AvgIpc) is 2.69. The van der Waals surface area contributed by atoms with Crippen molar-refractivity contribution in [3.05, 3.63) is 11.6 Å². The van der Waals surface area contributed by atoms with E-state index in [4.69, 9.17) is 0 Å². The Balaban J connectivity index is 2.04. The first-order valence-electron chi connectivity index (χ1n) is 4.59. The lowest BCUT2D eigenvalue weighted by molar-refractivity contribution is -0.114. The zero-order valence-electron chi connectivity index (χ0n) is 7.89. The molecule has 0 radical (unpaired) electrons. The van der Waals surface area contributed by atoms with E-state index in [2.05, 4.69) is 5.32 Å². The fourth-order valence-electron chi connectivity index (χ4n) is 1.08. The van der Waals surface area contributed by atoms with Crippen LogP contribution in [0.25, 0.3) is 0 Å². The van der Waals surface area contributed by atoms with Gasteiger partial charge in [-0.25, -0.2) is 0 Å². The van der Waals surface area contributed by atoms with E-state index in [9.17, 15) is 4.79 Å². The maximum Gasteiger partial charge on any atom is 0.156 e. The minimum atomic E-state index is 0.239. The zero-order chi connectivity index (χ0) is 8.97. The van der Waals surface area contributed by atoms with Crippen molar-refractivity contribution in [1.82, 2.24) is 5.32 Å². The Morgan fingerprint density at radius 2 is 2.17 bits per heavy atom. The summed E-state index contributed by atoms with van der Waals surface area (Å²) in [5.74, 6) is 0.239. The highest BCUT2D eigenvalue weighted by Crippen LogP contribution is 2.18. The van der Waals surface area contributed by atoms with E-state index in [0.29, 0.717) is 12.5 Å². The van der Waals surface area contributed by atoms with Crippen molar-refractivity contribution < 1.29 is 4.79 Å². The van der Waals surface area contributed by atoms with E-state index in [-0.39, 0.29) is 5.78 Å². The molecule has 0 aromatic rings. The van der Waals surface area contributed by atoms with E-state index in [1.807, 2.05) is 13.8 Å². The van der Waals surface area contributed by atoms with E-state index < -0.39 is 0 Å². The molecule has 12 heavy (non-hydrogen) atoms. The zero-order valence-corrected chi connectivity index (χ0v) is 7.89. The van der Waals surface area contributed by atoms with Crippen LogP contribution in [0.1, 0.15) is 33.1 Å². The van der Waals surface area contributed by atoms with Crippen LogP contribution >= 0.6 is 0 Å². The molecule has 2 heteroatoms. The molecule has 0 spiro atoms. The molecule has 0 aliphatic heterocycles. The van der Waals surface area contributed by atoms with Crippen LogP contribution in [0.15, 0.2) is 11.6 Å². The van der Waals surface area contributed by atoms with Gasteiger partial charge in [-0.3, -0.25) is 4.79 Å². The first kappa shape index (κ1) is 9.46. The lowest BCUT2D eigenvalue weighted by Gasteiger charge is -1.98. The number of hydrogen-bond donors (Lipinski definition) is 1. The molecule has 0 unspecified atom stereocenters. The number of rotatable bonds is 5. The Bertz CT molecular complexity index is 188. The number of carbonyl (C=O) groups is 1. The molecule has 1 fully saturated rings. The van der Waals surface area contributed by atoms with Crippen molar-refractivity contribution in [1.29, 1.82) is 0 Å². The van der Waals surface area contributed by atoms with Gasteiger partial charge in [0.25, 0.3) is 0 Å². The van der Waals surface area contributed by atoms with Crippen LogP contribution in [0.2, 0.25) is 0 Å². The van der Waals surface area contributed by atoms with Crippen LogP contribution in [0.3, 0.4) is 0 Å². The van der Waals surface area contributed by atoms with Gasteiger partial charge in [0.05, 0.1) is 0 Å². The highest BCUT2D eigenvalue weighted by atomic mass is 16.1. The normalized spacial score (nSPS) is 15.8. The van der Waals surface area contributed by atoms with Crippen LogP contribution in [0.4, 0.5) is 0 Å². The lowest BCUT2D eigenvalue weighted by atomic mass is 10.2. The van der Waals surface area contributed by atoms with E-state index in [1.54, 1.807) is 6.08 Å². The fourth-order valence-corrected chi connectivity index (χ4v) is 1.08. The van der Waals surface area contributed by atoms with Gasteiger partial charge in [0.15, 0.2) is 5.78 Å². The Kier molecular flexibility index (Phi) is 3.48. The number of ketones is 1. The molecule has 0 aromatic heterocycles. The summed E-state index contributed by atoms with van der Waals surface area (Å²) in [6.45, 7) is 4.74. The largest absolute Gasteiger partial charge is 0.314 e. The standard InChI is InChI=1S/C10H17NO/c1-8(2)7-10(12)5-6-11-9-3-4-9/h7,9,11H,3-6H2,1-2H3. The van der Waals surface area contributed by atoms with Crippen LogP contribution in [0.5, 0.6) is 0 Å². The van der Waals surface area contributed by atoms with Crippen molar-refractivity contribution in [2.75, 3.05) is 6.54 Å². The van der Waals surface area contributed by atoms with Gasteiger partial charge in [-0.1, -0.05) is 5.57 Å². The quantitative estimate of drug-likeness (QED) is 0.631. The maximum absolute atomic E-state index is 11.1. The van der Waals surface area contributed by atoms with Crippen molar-refractivity contribution in [3.8, 4) is 0 Å². The summed E-state index contributed by atoms with van der Waals surface area (Å²) in [6.07, 6.45) is 4.93. The van der Waals surface area contributed by atoms with Crippen molar-refractivity contribution >= 4 is 5.78 Å². The first-order valence-corrected chi connectivity index (χ1v) is 4.59. The molecule has 0 heterocycles. The molecule has 0 saturated heterocycles. The summed E-state index contributed by atoms with van der Waals surface area (Å²) in [7, 11) is 0. The Labute approximate surface area is 74.0 Å². The lowest BCUT2D eigenvalue weighted by Crippen LogP contribution is -2.19.